The molecule has 78 valence electrons. The number of nitrogens with zero attached hydrogens (tertiary/aromatic N) is 2. The highest BCUT2D eigenvalue weighted by atomic mass is 79.9. The number of aromatic nitrogens is 1. The molecule has 0 aromatic carbocycles. The van der Waals surface area contributed by atoms with Gasteiger partial charge in [0, 0.05) is 18.5 Å². The van der Waals surface area contributed by atoms with E-state index in [0.29, 0.717) is 12.5 Å². The van der Waals surface area contributed by atoms with Crippen molar-refractivity contribution in [3.8, 4) is 0 Å². The summed E-state index contributed by atoms with van der Waals surface area (Å²) in [6.45, 7) is 3.87. The van der Waals surface area contributed by atoms with Crippen LogP contribution in [0.3, 0.4) is 0 Å². The van der Waals surface area contributed by atoms with Crippen molar-refractivity contribution >= 4 is 32.4 Å². The zero-order valence-electron chi connectivity index (χ0n) is 7.98. The van der Waals surface area contributed by atoms with E-state index in [9.17, 15) is 5.11 Å². The van der Waals surface area contributed by atoms with E-state index in [1.165, 1.54) is 0 Å². The number of hydrogen-bond acceptors (Lipinski definition) is 4. The van der Waals surface area contributed by atoms with Gasteiger partial charge in [-0.3, -0.25) is 0 Å². The Hall–Kier alpha value is -0.130. The second-order valence-electron chi connectivity index (χ2n) is 3.85. The molecule has 2 atom stereocenters. The Bertz CT molecular complexity index is 308. The lowest BCUT2D eigenvalue weighted by Gasteiger charge is -2.33. The molecule has 1 aromatic rings. The SMILES string of the molecule is C[C@@H]1C[C@H](O)CN(c2nc(Br)cs2)C1. The fourth-order valence-corrected chi connectivity index (χ4v) is 3.14. The number of piperidine rings is 1. The minimum Gasteiger partial charge on any atom is -0.391 e. The average Bonchev–Trinajstić information content (AvgIpc) is 2.50. The maximum absolute atomic E-state index is 9.64. The molecule has 0 spiro atoms. The first-order chi connectivity index (χ1) is 6.65. The van der Waals surface area contributed by atoms with Crippen LogP contribution in [0.1, 0.15) is 13.3 Å². The van der Waals surface area contributed by atoms with E-state index in [0.717, 1.165) is 22.7 Å². The Morgan fingerprint density at radius 2 is 2.43 bits per heavy atom. The largest absolute Gasteiger partial charge is 0.391 e. The summed E-state index contributed by atoms with van der Waals surface area (Å²) < 4.78 is 0.880. The van der Waals surface area contributed by atoms with Gasteiger partial charge >= 0.3 is 0 Å². The number of hydrogen-bond donors (Lipinski definition) is 1. The second kappa shape index (κ2) is 4.16. The maximum Gasteiger partial charge on any atom is 0.186 e. The van der Waals surface area contributed by atoms with Crippen LogP contribution in [0.25, 0.3) is 0 Å². The van der Waals surface area contributed by atoms with Gasteiger partial charge in [-0.25, -0.2) is 4.98 Å². The van der Waals surface area contributed by atoms with Crippen LogP contribution < -0.4 is 4.90 Å². The zero-order valence-corrected chi connectivity index (χ0v) is 10.4. The first kappa shape index (κ1) is 10.4. The molecule has 1 saturated heterocycles. The normalized spacial score (nSPS) is 28.1. The Labute approximate surface area is 95.9 Å². The number of halogens is 1. The monoisotopic (exact) mass is 276 g/mol. The van der Waals surface area contributed by atoms with Crippen molar-refractivity contribution in [2.75, 3.05) is 18.0 Å². The lowest BCUT2D eigenvalue weighted by atomic mass is 9.98. The first-order valence-corrected chi connectivity index (χ1v) is 6.36. The number of aliphatic hydroxyl groups excluding tert-OH is 1. The second-order valence-corrected chi connectivity index (χ2v) is 5.50. The molecule has 14 heavy (non-hydrogen) atoms. The molecule has 0 unspecified atom stereocenters. The van der Waals surface area contributed by atoms with Crippen LogP contribution in [0.5, 0.6) is 0 Å². The van der Waals surface area contributed by atoms with E-state index >= 15 is 0 Å². The lowest BCUT2D eigenvalue weighted by molar-refractivity contribution is 0.132. The topological polar surface area (TPSA) is 36.4 Å². The highest BCUT2D eigenvalue weighted by Gasteiger charge is 2.24. The van der Waals surface area contributed by atoms with Gasteiger partial charge in [0.25, 0.3) is 0 Å². The fraction of sp³-hybridized carbons (Fsp3) is 0.667. The van der Waals surface area contributed by atoms with Crippen molar-refractivity contribution in [2.45, 2.75) is 19.4 Å². The van der Waals surface area contributed by atoms with Crippen LogP contribution in [-0.4, -0.2) is 29.3 Å². The molecule has 1 N–H and O–H groups in total. The van der Waals surface area contributed by atoms with Crippen molar-refractivity contribution in [2.24, 2.45) is 5.92 Å². The molecule has 1 aromatic heterocycles. The Morgan fingerprint density at radius 1 is 1.64 bits per heavy atom. The molecule has 2 rings (SSSR count). The molecule has 3 nitrogen and oxygen atoms in total. The molecule has 1 fully saturated rings. The highest BCUT2D eigenvalue weighted by molar-refractivity contribution is 9.10. The Balaban J connectivity index is 2.10. The van der Waals surface area contributed by atoms with Gasteiger partial charge in [0.1, 0.15) is 4.60 Å². The fourth-order valence-electron chi connectivity index (χ4n) is 1.87. The Morgan fingerprint density at radius 3 is 3.00 bits per heavy atom. The molecule has 0 aliphatic carbocycles. The van der Waals surface area contributed by atoms with Gasteiger partial charge in [-0.05, 0) is 28.3 Å². The van der Waals surface area contributed by atoms with Crippen molar-refractivity contribution in [3.05, 3.63) is 9.98 Å². The molecule has 1 aliphatic rings. The molecule has 5 heteroatoms. The molecule has 0 saturated carbocycles. The van der Waals surface area contributed by atoms with Crippen LogP contribution >= 0.6 is 27.3 Å². The van der Waals surface area contributed by atoms with Crippen LogP contribution in [0, 0.1) is 5.92 Å². The van der Waals surface area contributed by atoms with Crippen molar-refractivity contribution in [1.29, 1.82) is 0 Å². The smallest absolute Gasteiger partial charge is 0.186 e. The summed E-state index contributed by atoms with van der Waals surface area (Å²) in [5.74, 6) is 0.543. The third-order valence-corrected chi connectivity index (χ3v) is 3.98. The molecular formula is C9H13BrN2OS. The summed E-state index contributed by atoms with van der Waals surface area (Å²) in [7, 11) is 0. The lowest BCUT2D eigenvalue weighted by Crippen LogP contribution is -2.42. The van der Waals surface area contributed by atoms with Gasteiger partial charge in [-0.2, -0.15) is 0 Å². The van der Waals surface area contributed by atoms with Crippen LogP contribution in [0.15, 0.2) is 9.98 Å². The van der Waals surface area contributed by atoms with E-state index in [-0.39, 0.29) is 6.10 Å². The van der Waals surface area contributed by atoms with Crippen molar-refractivity contribution < 1.29 is 5.11 Å². The van der Waals surface area contributed by atoms with E-state index in [4.69, 9.17) is 0 Å². The van der Waals surface area contributed by atoms with Crippen molar-refractivity contribution in [3.63, 3.8) is 0 Å². The Kier molecular flexibility index (Phi) is 3.09. The molecule has 2 heterocycles. The van der Waals surface area contributed by atoms with Gasteiger partial charge in [0.15, 0.2) is 5.13 Å². The molecule has 0 amide bonds. The van der Waals surface area contributed by atoms with E-state index in [2.05, 4.69) is 32.7 Å². The van der Waals surface area contributed by atoms with Crippen molar-refractivity contribution in [1.82, 2.24) is 4.98 Å². The van der Waals surface area contributed by atoms with Gasteiger partial charge in [0.2, 0.25) is 0 Å². The third kappa shape index (κ3) is 2.27. The standard InChI is InChI=1S/C9H13BrN2OS/c1-6-2-7(13)4-12(3-6)9-11-8(10)5-14-9/h5-7,13H,2-4H2,1H3/t6-,7+/m1/s1. The number of thiazole rings is 1. The average molecular weight is 277 g/mol. The number of aliphatic hydroxyl groups is 1. The predicted octanol–water partition coefficient (Wildman–Crippen LogP) is 2.11. The number of β-amino-alcohol motifs (C(OH)–C–C–N with tert-alkyl or cyclic N) is 1. The minimum absolute atomic E-state index is 0.207. The van der Waals surface area contributed by atoms with Crippen LogP contribution in [0.4, 0.5) is 5.13 Å². The van der Waals surface area contributed by atoms with Crippen LogP contribution in [-0.2, 0) is 0 Å². The summed E-state index contributed by atoms with van der Waals surface area (Å²) >= 11 is 4.96. The van der Waals surface area contributed by atoms with Gasteiger partial charge in [-0.15, -0.1) is 11.3 Å². The molecule has 0 bridgehead atoms. The first-order valence-electron chi connectivity index (χ1n) is 4.69. The summed E-state index contributed by atoms with van der Waals surface area (Å²) in [5.41, 5.74) is 0. The summed E-state index contributed by atoms with van der Waals surface area (Å²) in [4.78, 5) is 6.51. The van der Waals surface area contributed by atoms with E-state index in [1.54, 1.807) is 11.3 Å². The van der Waals surface area contributed by atoms with E-state index in [1.807, 2.05) is 5.38 Å². The summed E-state index contributed by atoms with van der Waals surface area (Å²) in [5, 5.41) is 12.6. The van der Waals surface area contributed by atoms with Gasteiger partial charge in [-0.1, -0.05) is 6.92 Å². The van der Waals surface area contributed by atoms with Gasteiger partial charge < -0.3 is 10.0 Å². The third-order valence-electron chi connectivity index (χ3n) is 2.37. The quantitative estimate of drug-likeness (QED) is 0.854. The zero-order chi connectivity index (χ0) is 10.1. The van der Waals surface area contributed by atoms with Gasteiger partial charge in [0.05, 0.1) is 6.10 Å². The highest BCUT2D eigenvalue weighted by Crippen LogP contribution is 2.27. The molecular weight excluding hydrogens is 264 g/mol. The number of rotatable bonds is 1. The molecule has 0 radical (unpaired) electrons. The molecule has 1 aliphatic heterocycles. The summed E-state index contributed by atoms with van der Waals surface area (Å²) in [6, 6.07) is 0. The number of anilines is 1. The van der Waals surface area contributed by atoms with E-state index < -0.39 is 0 Å². The predicted molar refractivity (Wildman–Crippen MR) is 61.8 cm³/mol. The van der Waals surface area contributed by atoms with Crippen LogP contribution in [0.2, 0.25) is 0 Å². The summed E-state index contributed by atoms with van der Waals surface area (Å²) in [6.07, 6.45) is 0.699. The maximum atomic E-state index is 9.64. The minimum atomic E-state index is -0.207.